The van der Waals surface area contributed by atoms with Crippen molar-refractivity contribution >= 4 is 27.6 Å². The third-order valence-electron chi connectivity index (χ3n) is 27.3. The van der Waals surface area contributed by atoms with Gasteiger partial charge in [-0.2, -0.15) is 0 Å². The maximum atomic E-state index is 13.0. The minimum atomic E-state index is -4.77. The van der Waals surface area contributed by atoms with E-state index < -0.39 is 100 Å². The first-order valence-electron chi connectivity index (χ1n) is 35.0. The van der Waals surface area contributed by atoms with E-state index >= 15 is 0 Å². The van der Waals surface area contributed by atoms with Gasteiger partial charge in [-0.05, 0) is 238 Å². The third kappa shape index (κ3) is 14.2. The van der Waals surface area contributed by atoms with Crippen LogP contribution in [0.25, 0.3) is 0 Å². The van der Waals surface area contributed by atoms with E-state index in [4.69, 9.17) is 37.8 Å². The fourth-order valence-corrected chi connectivity index (χ4v) is 23.8. The quantitative estimate of drug-likeness (QED) is 0.0348. The number of esters is 2. The lowest BCUT2D eigenvalue weighted by molar-refractivity contribution is -0.148. The summed E-state index contributed by atoms with van der Waals surface area (Å²) in [6.07, 6.45) is 18.9. The summed E-state index contributed by atoms with van der Waals surface area (Å²) in [5, 5.41) is 58.3. The highest BCUT2D eigenvalue weighted by molar-refractivity contribution is 7.47. The summed E-state index contributed by atoms with van der Waals surface area (Å²) in [7, 11) is -9.54. The topological polar surface area (TPSA) is 286 Å². The van der Waals surface area contributed by atoms with Crippen LogP contribution in [-0.4, -0.2) is 102 Å². The number of phosphoric ester groups is 2. The van der Waals surface area contributed by atoms with Crippen molar-refractivity contribution in [2.75, 3.05) is 13.2 Å². The number of hydrogen-bond donors (Lipinski definition) is 8. The fraction of sp³-hybridized carbons (Fsp3) is 0.913. The Labute approximate surface area is 532 Å². The van der Waals surface area contributed by atoms with Gasteiger partial charge in [0, 0.05) is 0 Å². The smallest absolute Gasteiger partial charge is 0.505 e. The van der Waals surface area contributed by atoms with Crippen molar-refractivity contribution in [3.63, 3.8) is 0 Å². The van der Waals surface area contributed by atoms with Crippen LogP contribution in [0.2, 0.25) is 0 Å². The summed E-state index contributed by atoms with van der Waals surface area (Å²) in [5.41, 5.74) is 1.20. The first kappa shape index (κ1) is 71.1. The van der Waals surface area contributed by atoms with Gasteiger partial charge in [0.15, 0.2) is 23.7 Å². The van der Waals surface area contributed by atoms with E-state index in [9.17, 15) is 48.9 Å². The van der Waals surface area contributed by atoms with E-state index in [2.05, 4.69) is 83.1 Å². The van der Waals surface area contributed by atoms with E-state index in [-0.39, 0.29) is 10.8 Å². The lowest BCUT2D eigenvalue weighted by Gasteiger charge is -2.61. The number of fused-ring (bicyclic) bond motifs is 10. The van der Waals surface area contributed by atoms with Gasteiger partial charge >= 0.3 is 27.6 Å². The van der Waals surface area contributed by atoms with Crippen molar-refractivity contribution in [1.29, 1.82) is 0 Å². The summed E-state index contributed by atoms with van der Waals surface area (Å²) in [5.74, 6) is 5.68. The molecule has 10 rings (SSSR count). The van der Waals surface area contributed by atoms with Gasteiger partial charge in [-0.15, -0.1) is 0 Å². The van der Waals surface area contributed by atoms with Gasteiger partial charge in [-0.1, -0.05) is 109 Å². The second kappa shape index (κ2) is 27.8. The zero-order valence-corrected chi connectivity index (χ0v) is 57.7. The Morgan fingerprint density at radius 1 is 0.517 bits per heavy atom. The van der Waals surface area contributed by atoms with Crippen LogP contribution in [0.3, 0.4) is 0 Å². The number of phosphoric acid groups is 2. The van der Waals surface area contributed by atoms with Crippen molar-refractivity contribution in [3.05, 3.63) is 23.0 Å². The Balaban J connectivity index is 0.000000211. The molecule has 0 bridgehead atoms. The van der Waals surface area contributed by atoms with Crippen LogP contribution in [0.4, 0.5) is 0 Å². The van der Waals surface area contributed by atoms with Gasteiger partial charge < -0.3 is 49.2 Å². The van der Waals surface area contributed by atoms with Crippen LogP contribution in [0.1, 0.15) is 231 Å². The Kier molecular flexibility index (Phi) is 22.2. The molecule has 89 heavy (non-hydrogen) atoms. The molecule has 8 N–H and O–H groups in total. The first-order chi connectivity index (χ1) is 41.8. The molecule has 10 aliphatic rings. The highest BCUT2D eigenvalue weighted by atomic mass is 31.2. The lowest BCUT2D eigenvalue weighted by atomic mass is 9.44. The molecule has 20 heteroatoms. The number of ether oxygens (including phenoxy) is 2. The largest absolute Gasteiger partial charge is 0.528 e. The van der Waals surface area contributed by atoms with E-state index in [1.54, 1.807) is 0 Å². The van der Waals surface area contributed by atoms with Crippen LogP contribution in [0.5, 0.6) is 0 Å². The zero-order valence-electron chi connectivity index (χ0n) is 55.9. The standard InChI is InChI=1S/C35H59O9P.C34H57O9P/c1-7-22(20(2)3)9-8-21(4)26-12-13-27-25-11-10-23-18-24(14-16-34(23,5)28(25)15-17-35(26,27)6)43-45(40,41)44-32-30(38)31(29(37)19-36)42-33(32)39;1-19(2)20(3)7-8-21(4)25-11-12-26-24-10-9-22-17-23(13-15-33(22,5)27(24)14-16-34(25,26)6)42-44(39,40)43-31-29(37)30(28(36)18-35)41-32(31)38/h20-29,31,36-38H,7-19H2,1-6H3,(H,40,41);19-28,30,35-37H,7-18H2,1-6H3,(H,39,40)/t21-,22-,23+,24+,25+,26-,27+,28+,29+,31-,34+,35-;20-,21-,22+,23+,24+,25-,26+,27+,28+,30-,33+,34-/m11/s1. The molecular weight excluding hydrogens is 1180 g/mol. The Morgan fingerprint density at radius 2 is 0.899 bits per heavy atom. The molecule has 0 saturated heterocycles. The molecule has 0 amide bonds. The Hall–Kier alpha value is -2.24. The van der Waals surface area contributed by atoms with Gasteiger partial charge in [0.2, 0.25) is 0 Å². The highest BCUT2D eigenvalue weighted by Gasteiger charge is 2.63. The van der Waals surface area contributed by atoms with Crippen molar-refractivity contribution in [1.82, 2.24) is 0 Å². The van der Waals surface area contributed by atoms with Crippen LogP contribution in [0.15, 0.2) is 23.0 Å². The van der Waals surface area contributed by atoms with Gasteiger partial charge in [-0.3, -0.25) is 18.8 Å². The first-order valence-corrected chi connectivity index (χ1v) is 38.0. The summed E-state index contributed by atoms with van der Waals surface area (Å²) in [6.45, 7) is 27.8. The SMILES string of the molecule is CC(C)[C@H](C)CC[C@@H](C)[C@H]1CC[C@H]2[C@@H]3CC[C@H]4C[C@@H](OP(=O)(O)OC5=C(O)[C@@H]([C@@H](O)CO)OC5=O)CC[C@]4(C)[C@H]3CC[C@]12C.CC[C@H](CC[C@@H](C)[C@H]1CC[C@H]2[C@@H]3CC[C@H]4C[C@@H](OP(=O)(O)OC5=C(O)[C@@H]([C@@H](O)CO)OC5=O)CC[C@]4(C)[C@H]3CC[C@]12C)C(C)C. The zero-order chi connectivity index (χ0) is 65.1. The molecule has 0 spiro atoms. The third-order valence-corrected chi connectivity index (χ3v) is 29.3. The van der Waals surface area contributed by atoms with Crippen LogP contribution in [0, 0.1) is 116 Å². The minimum absolute atomic E-state index is 0.170. The van der Waals surface area contributed by atoms with E-state index in [0.717, 1.165) is 96.7 Å². The van der Waals surface area contributed by atoms with Crippen molar-refractivity contribution in [2.24, 2.45) is 116 Å². The lowest BCUT2D eigenvalue weighted by Crippen LogP contribution is -2.54. The van der Waals surface area contributed by atoms with E-state index in [1.165, 1.54) is 96.3 Å². The summed E-state index contributed by atoms with van der Waals surface area (Å²) in [6, 6.07) is 0. The molecule has 0 radical (unpaired) electrons. The number of hydrogen-bond acceptors (Lipinski definition) is 16. The maximum Gasteiger partial charge on any atom is 0.528 e. The molecule has 510 valence electrons. The molecule has 8 fully saturated rings. The van der Waals surface area contributed by atoms with Crippen LogP contribution >= 0.6 is 15.6 Å². The van der Waals surface area contributed by atoms with E-state index in [1.807, 2.05) is 0 Å². The second-order valence-electron chi connectivity index (χ2n) is 32.2. The predicted molar refractivity (Wildman–Crippen MR) is 337 cm³/mol. The van der Waals surface area contributed by atoms with Crippen molar-refractivity contribution < 1.29 is 86.7 Å². The van der Waals surface area contributed by atoms with Crippen molar-refractivity contribution in [3.8, 4) is 0 Å². The number of cyclic esters (lactones) is 2. The van der Waals surface area contributed by atoms with Gasteiger partial charge in [-0.25, -0.2) is 18.7 Å². The molecule has 8 saturated carbocycles. The molecule has 2 unspecified atom stereocenters. The monoisotopic (exact) mass is 1290 g/mol. The minimum Gasteiger partial charge on any atom is -0.505 e. The van der Waals surface area contributed by atoms with Gasteiger partial charge in [0.05, 0.1) is 25.4 Å². The van der Waals surface area contributed by atoms with Gasteiger partial charge in [0.1, 0.15) is 12.2 Å². The molecule has 2 aliphatic heterocycles. The molecule has 0 aromatic rings. The summed E-state index contributed by atoms with van der Waals surface area (Å²) >= 11 is 0. The number of aliphatic hydroxyl groups excluding tert-OH is 6. The molecule has 8 aliphatic carbocycles. The number of aliphatic hydroxyl groups is 6. The van der Waals surface area contributed by atoms with Crippen molar-refractivity contribution in [2.45, 2.75) is 267 Å². The number of carbonyl (C=O) groups excluding carboxylic acids is 2. The maximum absolute atomic E-state index is 13.0. The summed E-state index contributed by atoms with van der Waals surface area (Å²) in [4.78, 5) is 45.4. The van der Waals surface area contributed by atoms with Gasteiger partial charge in [0.25, 0.3) is 11.5 Å². The number of carbonyl (C=O) groups is 2. The fourth-order valence-electron chi connectivity index (χ4n) is 21.8. The Bertz CT molecular complexity index is 2650. The van der Waals surface area contributed by atoms with Crippen LogP contribution in [-0.2, 0) is 46.3 Å². The van der Waals surface area contributed by atoms with E-state index in [0.29, 0.717) is 60.2 Å². The summed E-state index contributed by atoms with van der Waals surface area (Å²) < 4.78 is 56.7. The molecule has 0 aromatic carbocycles. The molecule has 18 nitrogen and oxygen atoms in total. The van der Waals surface area contributed by atoms with Crippen LogP contribution < -0.4 is 0 Å². The molecule has 26 atom stereocenters. The normalized spacial score (nSPS) is 41.8. The number of rotatable bonds is 23. The molecule has 2 heterocycles. The second-order valence-corrected chi connectivity index (χ2v) is 34.9. The highest BCUT2D eigenvalue weighted by Crippen LogP contribution is 2.71. The molecular formula is C69H116O18P2. The Morgan fingerprint density at radius 3 is 1.27 bits per heavy atom. The predicted octanol–water partition coefficient (Wildman–Crippen LogP) is 14.2. The molecule has 0 aromatic heterocycles. The average Bonchev–Trinajstić information content (AvgIpc) is 1.73. The average molecular weight is 1300 g/mol.